The van der Waals surface area contributed by atoms with E-state index in [1.807, 2.05) is 0 Å². The maximum Gasteiger partial charge on any atom is 0.265 e. The molecule has 0 aromatic carbocycles. The number of amides is 1. The van der Waals surface area contributed by atoms with Crippen molar-refractivity contribution < 1.29 is 9.53 Å². The summed E-state index contributed by atoms with van der Waals surface area (Å²) in [6.45, 7) is 3.44. The Kier molecular flexibility index (Phi) is 2.84. The minimum Gasteiger partial charge on any atom is -0.372 e. The maximum absolute atomic E-state index is 11.3. The minimum atomic E-state index is -0.333. The Morgan fingerprint density at radius 1 is 1.73 bits per heavy atom. The third-order valence-electron chi connectivity index (χ3n) is 1.83. The lowest BCUT2D eigenvalue weighted by Crippen LogP contribution is -2.42. The number of hydrogen-bond donors (Lipinski definition) is 1. The summed E-state index contributed by atoms with van der Waals surface area (Å²) in [7, 11) is 1.54. The molecule has 1 heterocycles. The predicted molar refractivity (Wildman–Crippen MR) is 40.8 cm³/mol. The minimum absolute atomic E-state index is 0.0185. The van der Waals surface area contributed by atoms with Crippen LogP contribution in [0.2, 0.25) is 0 Å². The Bertz CT molecular complexity index is 143. The van der Waals surface area contributed by atoms with E-state index in [2.05, 4.69) is 5.43 Å². The molecule has 0 aliphatic carbocycles. The SMILES string of the molecule is COC(C)C(=O)N1CCCN1. The van der Waals surface area contributed by atoms with Crippen LogP contribution in [0.1, 0.15) is 13.3 Å². The maximum atomic E-state index is 11.3. The molecule has 1 amide bonds. The van der Waals surface area contributed by atoms with E-state index in [0.29, 0.717) is 0 Å². The molecule has 1 fully saturated rings. The number of hydrazine groups is 1. The van der Waals surface area contributed by atoms with Crippen LogP contribution in [0.15, 0.2) is 0 Å². The highest BCUT2D eigenvalue weighted by Gasteiger charge is 2.22. The van der Waals surface area contributed by atoms with Crippen LogP contribution in [0.4, 0.5) is 0 Å². The van der Waals surface area contributed by atoms with Crippen molar-refractivity contribution in [1.82, 2.24) is 10.4 Å². The van der Waals surface area contributed by atoms with Gasteiger partial charge in [-0.2, -0.15) is 0 Å². The lowest BCUT2D eigenvalue weighted by atomic mass is 10.3. The zero-order valence-electron chi connectivity index (χ0n) is 6.96. The first-order chi connectivity index (χ1) is 5.25. The molecule has 4 nitrogen and oxygen atoms in total. The molecule has 0 aromatic heterocycles. The molecule has 0 bridgehead atoms. The molecule has 0 aromatic rings. The highest BCUT2D eigenvalue weighted by atomic mass is 16.5. The first kappa shape index (κ1) is 8.49. The van der Waals surface area contributed by atoms with Crippen molar-refractivity contribution in [2.75, 3.05) is 20.2 Å². The molecule has 1 aliphatic heterocycles. The molecule has 64 valence electrons. The molecule has 0 radical (unpaired) electrons. The summed E-state index contributed by atoms with van der Waals surface area (Å²) in [5, 5.41) is 1.62. The van der Waals surface area contributed by atoms with Crippen molar-refractivity contribution in [3.05, 3.63) is 0 Å². The molecule has 4 heteroatoms. The summed E-state index contributed by atoms with van der Waals surface area (Å²) in [5.74, 6) is 0.0185. The first-order valence-electron chi connectivity index (χ1n) is 3.83. The average molecular weight is 158 g/mol. The predicted octanol–water partition coefficient (Wildman–Crippen LogP) is -0.242. The van der Waals surface area contributed by atoms with Crippen LogP contribution in [0.25, 0.3) is 0 Å². The summed E-state index contributed by atoms with van der Waals surface area (Å²) in [4.78, 5) is 11.3. The van der Waals surface area contributed by atoms with E-state index in [9.17, 15) is 4.79 Å². The van der Waals surface area contributed by atoms with E-state index in [4.69, 9.17) is 4.74 Å². The van der Waals surface area contributed by atoms with Gasteiger partial charge in [-0.05, 0) is 13.3 Å². The molecule has 1 unspecified atom stereocenters. The van der Waals surface area contributed by atoms with Gasteiger partial charge in [-0.1, -0.05) is 0 Å². The van der Waals surface area contributed by atoms with Gasteiger partial charge in [0, 0.05) is 20.2 Å². The van der Waals surface area contributed by atoms with Gasteiger partial charge in [-0.3, -0.25) is 9.80 Å². The Labute approximate surface area is 66.5 Å². The van der Waals surface area contributed by atoms with Crippen LogP contribution in [-0.4, -0.2) is 37.2 Å². The van der Waals surface area contributed by atoms with Crippen LogP contribution in [-0.2, 0) is 9.53 Å². The van der Waals surface area contributed by atoms with Crippen LogP contribution in [0.5, 0.6) is 0 Å². The topological polar surface area (TPSA) is 41.6 Å². The van der Waals surface area contributed by atoms with Crippen LogP contribution < -0.4 is 5.43 Å². The van der Waals surface area contributed by atoms with E-state index in [1.165, 1.54) is 0 Å². The smallest absolute Gasteiger partial charge is 0.265 e. The second kappa shape index (κ2) is 3.69. The van der Waals surface area contributed by atoms with Crippen molar-refractivity contribution >= 4 is 5.91 Å². The van der Waals surface area contributed by atoms with Gasteiger partial charge < -0.3 is 4.74 Å². The third-order valence-corrected chi connectivity index (χ3v) is 1.83. The standard InChI is InChI=1S/C7H14N2O2/c1-6(11-2)7(10)9-5-3-4-8-9/h6,8H,3-5H2,1-2H3. The Morgan fingerprint density at radius 2 is 2.45 bits per heavy atom. The van der Waals surface area contributed by atoms with E-state index < -0.39 is 0 Å². The highest BCUT2D eigenvalue weighted by Crippen LogP contribution is 2.01. The molecule has 1 saturated heterocycles. The van der Waals surface area contributed by atoms with E-state index in [1.54, 1.807) is 19.0 Å². The van der Waals surface area contributed by atoms with Crippen LogP contribution >= 0.6 is 0 Å². The Balaban J connectivity index is 2.39. The van der Waals surface area contributed by atoms with E-state index in [-0.39, 0.29) is 12.0 Å². The number of nitrogens with zero attached hydrogens (tertiary/aromatic N) is 1. The van der Waals surface area contributed by atoms with Crippen LogP contribution in [0, 0.1) is 0 Å². The molecule has 1 atom stereocenters. The Morgan fingerprint density at radius 3 is 2.91 bits per heavy atom. The molecule has 11 heavy (non-hydrogen) atoms. The number of rotatable bonds is 2. The van der Waals surface area contributed by atoms with Crippen molar-refractivity contribution in [3.63, 3.8) is 0 Å². The molecule has 1 rings (SSSR count). The lowest BCUT2D eigenvalue weighted by molar-refractivity contribution is -0.142. The second-order valence-corrected chi connectivity index (χ2v) is 2.63. The molecular weight excluding hydrogens is 144 g/mol. The summed E-state index contributed by atoms with van der Waals surface area (Å²) in [6, 6.07) is 0. The zero-order chi connectivity index (χ0) is 8.27. The number of methoxy groups -OCH3 is 1. The fourth-order valence-corrected chi connectivity index (χ4v) is 1.04. The normalized spacial score (nSPS) is 20.4. The van der Waals surface area contributed by atoms with E-state index in [0.717, 1.165) is 19.5 Å². The van der Waals surface area contributed by atoms with E-state index >= 15 is 0 Å². The lowest BCUT2D eigenvalue weighted by Gasteiger charge is -2.18. The Hall–Kier alpha value is -0.610. The van der Waals surface area contributed by atoms with Gasteiger partial charge in [0.15, 0.2) is 0 Å². The highest BCUT2D eigenvalue weighted by molar-refractivity contribution is 5.80. The summed E-state index contributed by atoms with van der Waals surface area (Å²) in [5.41, 5.74) is 2.98. The number of hydrogen-bond acceptors (Lipinski definition) is 3. The fraction of sp³-hybridized carbons (Fsp3) is 0.857. The van der Waals surface area contributed by atoms with Gasteiger partial charge in [0.05, 0.1) is 0 Å². The monoisotopic (exact) mass is 158 g/mol. The summed E-state index contributed by atoms with van der Waals surface area (Å²) < 4.78 is 4.89. The number of carbonyl (C=O) groups excluding carboxylic acids is 1. The molecule has 0 saturated carbocycles. The molecule has 1 N–H and O–H groups in total. The number of nitrogens with one attached hydrogen (secondary N) is 1. The third kappa shape index (κ3) is 1.91. The zero-order valence-corrected chi connectivity index (χ0v) is 6.96. The molecular formula is C7H14N2O2. The van der Waals surface area contributed by atoms with Gasteiger partial charge >= 0.3 is 0 Å². The summed E-state index contributed by atoms with van der Waals surface area (Å²) >= 11 is 0. The molecule has 1 aliphatic rings. The second-order valence-electron chi connectivity index (χ2n) is 2.63. The summed E-state index contributed by atoms with van der Waals surface area (Å²) in [6.07, 6.45) is 0.697. The molecule has 0 spiro atoms. The average Bonchev–Trinajstić information content (AvgIpc) is 2.53. The van der Waals surface area contributed by atoms with Gasteiger partial charge in [-0.25, -0.2) is 5.43 Å². The van der Waals surface area contributed by atoms with Crippen LogP contribution in [0.3, 0.4) is 0 Å². The quantitative estimate of drug-likeness (QED) is 0.603. The van der Waals surface area contributed by atoms with Gasteiger partial charge in [0.25, 0.3) is 5.91 Å². The first-order valence-corrected chi connectivity index (χ1v) is 3.83. The fourth-order valence-electron chi connectivity index (χ4n) is 1.04. The van der Waals surface area contributed by atoms with Gasteiger partial charge in [0.1, 0.15) is 6.10 Å². The van der Waals surface area contributed by atoms with Crippen molar-refractivity contribution in [2.24, 2.45) is 0 Å². The van der Waals surface area contributed by atoms with Gasteiger partial charge in [-0.15, -0.1) is 0 Å². The van der Waals surface area contributed by atoms with Gasteiger partial charge in [0.2, 0.25) is 0 Å². The largest absolute Gasteiger partial charge is 0.372 e. The number of carbonyl (C=O) groups is 1. The number of ether oxygens (including phenoxy) is 1. The van der Waals surface area contributed by atoms with Crippen molar-refractivity contribution in [2.45, 2.75) is 19.4 Å². The van der Waals surface area contributed by atoms with Crippen molar-refractivity contribution in [3.8, 4) is 0 Å². The van der Waals surface area contributed by atoms with Crippen molar-refractivity contribution in [1.29, 1.82) is 0 Å².